The van der Waals surface area contributed by atoms with Gasteiger partial charge in [-0.05, 0) is 37.0 Å². The molecule has 0 heterocycles. The zero-order valence-electron chi connectivity index (χ0n) is 11.0. The van der Waals surface area contributed by atoms with Crippen LogP contribution in [-0.2, 0) is 11.3 Å². The molecule has 0 spiro atoms. The molecule has 1 aromatic carbocycles. The Morgan fingerprint density at radius 2 is 2.11 bits per heavy atom. The minimum atomic E-state index is 0.509. The predicted octanol–water partition coefficient (Wildman–Crippen LogP) is 3.70. The molecule has 1 saturated carbocycles. The molecule has 0 aliphatic heterocycles. The zero-order valence-corrected chi connectivity index (χ0v) is 11.8. The lowest BCUT2D eigenvalue weighted by atomic mass is 10.1. The van der Waals surface area contributed by atoms with Crippen LogP contribution in [0.25, 0.3) is 0 Å². The van der Waals surface area contributed by atoms with E-state index in [9.17, 15) is 0 Å². The number of nitrogens with one attached hydrogen (secondary N) is 1. The molecule has 1 aromatic rings. The van der Waals surface area contributed by atoms with Gasteiger partial charge in [0.2, 0.25) is 0 Å². The third-order valence-corrected chi connectivity index (χ3v) is 3.81. The molecule has 0 unspecified atom stereocenters. The molecule has 0 bridgehead atoms. The molecule has 1 aliphatic carbocycles. The lowest BCUT2D eigenvalue weighted by Gasteiger charge is -2.12. The number of hydrogen-bond donors (Lipinski definition) is 1. The summed E-state index contributed by atoms with van der Waals surface area (Å²) in [6.07, 6.45) is 5.65. The van der Waals surface area contributed by atoms with Gasteiger partial charge in [-0.2, -0.15) is 0 Å². The minimum absolute atomic E-state index is 0.509. The lowest BCUT2D eigenvalue weighted by Crippen LogP contribution is -2.22. The van der Waals surface area contributed by atoms with E-state index in [2.05, 4.69) is 24.4 Å². The molecule has 0 aromatic heterocycles. The molecule has 18 heavy (non-hydrogen) atoms. The molecular formula is C15H22ClNO. The largest absolute Gasteiger partial charge is 0.377 e. The number of rotatable bonds is 6. The van der Waals surface area contributed by atoms with E-state index in [1.807, 2.05) is 6.07 Å². The Bertz CT molecular complexity index is 375. The fourth-order valence-corrected chi connectivity index (χ4v) is 2.67. The second-order valence-corrected chi connectivity index (χ2v) is 5.46. The first-order chi connectivity index (χ1) is 8.75. The Hall–Kier alpha value is -0.570. The molecule has 2 rings (SSSR count). The second-order valence-electron chi connectivity index (χ2n) is 5.05. The smallest absolute Gasteiger partial charge is 0.0594 e. The fraction of sp³-hybridized carbons (Fsp3) is 0.600. The fourth-order valence-electron chi connectivity index (χ4n) is 2.37. The van der Waals surface area contributed by atoms with Gasteiger partial charge < -0.3 is 10.1 Å². The summed E-state index contributed by atoms with van der Waals surface area (Å²) in [6.45, 7) is 4.56. The van der Waals surface area contributed by atoms with E-state index in [1.165, 1.54) is 31.2 Å². The van der Waals surface area contributed by atoms with Crippen LogP contribution in [0.15, 0.2) is 18.2 Å². The van der Waals surface area contributed by atoms with Crippen molar-refractivity contribution in [3.63, 3.8) is 0 Å². The summed E-state index contributed by atoms with van der Waals surface area (Å²) in [7, 11) is 0. The standard InChI is InChI=1S/C15H22ClNO/c1-12-6-7-13(15(16)10-12)11-17-8-9-18-14-4-2-3-5-14/h6-7,10,14,17H,2-5,8-9,11H2,1H3. The highest BCUT2D eigenvalue weighted by molar-refractivity contribution is 6.31. The van der Waals surface area contributed by atoms with Crippen molar-refractivity contribution in [1.29, 1.82) is 0 Å². The van der Waals surface area contributed by atoms with Gasteiger partial charge in [0.1, 0.15) is 0 Å². The van der Waals surface area contributed by atoms with E-state index >= 15 is 0 Å². The van der Waals surface area contributed by atoms with Crippen LogP contribution in [0.1, 0.15) is 36.8 Å². The van der Waals surface area contributed by atoms with Crippen LogP contribution in [-0.4, -0.2) is 19.3 Å². The average Bonchev–Trinajstić information content (AvgIpc) is 2.84. The van der Waals surface area contributed by atoms with Gasteiger partial charge in [0.25, 0.3) is 0 Å². The zero-order chi connectivity index (χ0) is 12.8. The highest BCUT2D eigenvalue weighted by Gasteiger charge is 2.14. The Morgan fingerprint density at radius 3 is 2.83 bits per heavy atom. The van der Waals surface area contributed by atoms with E-state index in [0.29, 0.717) is 6.10 Å². The number of hydrogen-bond acceptors (Lipinski definition) is 2. The van der Waals surface area contributed by atoms with Gasteiger partial charge in [-0.1, -0.05) is 36.6 Å². The van der Waals surface area contributed by atoms with E-state index in [1.54, 1.807) is 0 Å². The highest BCUT2D eigenvalue weighted by atomic mass is 35.5. The number of ether oxygens (including phenoxy) is 1. The first kappa shape index (κ1) is 13.9. The van der Waals surface area contributed by atoms with Gasteiger partial charge >= 0.3 is 0 Å². The van der Waals surface area contributed by atoms with Crippen LogP contribution in [0.4, 0.5) is 0 Å². The van der Waals surface area contributed by atoms with Gasteiger partial charge in [0.15, 0.2) is 0 Å². The average molecular weight is 268 g/mol. The summed E-state index contributed by atoms with van der Waals surface area (Å²) >= 11 is 6.17. The third-order valence-electron chi connectivity index (χ3n) is 3.46. The molecule has 2 nitrogen and oxygen atoms in total. The quantitative estimate of drug-likeness (QED) is 0.794. The van der Waals surface area contributed by atoms with Crippen LogP contribution in [0.3, 0.4) is 0 Å². The lowest BCUT2D eigenvalue weighted by molar-refractivity contribution is 0.0603. The Morgan fingerprint density at radius 1 is 1.33 bits per heavy atom. The maximum absolute atomic E-state index is 6.17. The summed E-state index contributed by atoms with van der Waals surface area (Å²) in [5, 5.41) is 4.22. The van der Waals surface area contributed by atoms with Crippen LogP contribution < -0.4 is 5.32 Å². The molecule has 0 saturated heterocycles. The summed E-state index contributed by atoms with van der Waals surface area (Å²) in [5.74, 6) is 0. The number of halogens is 1. The van der Waals surface area contributed by atoms with E-state index in [-0.39, 0.29) is 0 Å². The maximum atomic E-state index is 6.17. The maximum Gasteiger partial charge on any atom is 0.0594 e. The molecule has 3 heteroatoms. The van der Waals surface area contributed by atoms with E-state index in [4.69, 9.17) is 16.3 Å². The van der Waals surface area contributed by atoms with E-state index in [0.717, 1.165) is 30.3 Å². The van der Waals surface area contributed by atoms with Crippen molar-refractivity contribution in [3.05, 3.63) is 34.3 Å². The number of benzene rings is 1. The molecular weight excluding hydrogens is 246 g/mol. The van der Waals surface area contributed by atoms with Crippen LogP contribution in [0.5, 0.6) is 0 Å². The molecule has 0 amide bonds. The predicted molar refractivity (Wildman–Crippen MR) is 76.1 cm³/mol. The van der Waals surface area contributed by atoms with E-state index < -0.39 is 0 Å². The van der Waals surface area contributed by atoms with Crippen LogP contribution >= 0.6 is 11.6 Å². The van der Waals surface area contributed by atoms with Crippen molar-refractivity contribution in [1.82, 2.24) is 5.32 Å². The molecule has 1 aliphatic rings. The summed E-state index contributed by atoms with van der Waals surface area (Å²) < 4.78 is 5.79. The van der Waals surface area contributed by atoms with Gasteiger partial charge in [0, 0.05) is 18.1 Å². The van der Waals surface area contributed by atoms with Crippen LogP contribution in [0.2, 0.25) is 5.02 Å². The van der Waals surface area contributed by atoms with Crippen molar-refractivity contribution < 1.29 is 4.74 Å². The van der Waals surface area contributed by atoms with Crippen molar-refractivity contribution >= 4 is 11.6 Å². The van der Waals surface area contributed by atoms with Gasteiger partial charge in [-0.3, -0.25) is 0 Å². The van der Waals surface area contributed by atoms with Crippen molar-refractivity contribution in [2.24, 2.45) is 0 Å². The third kappa shape index (κ3) is 4.27. The van der Waals surface area contributed by atoms with Gasteiger partial charge in [0.05, 0.1) is 12.7 Å². The summed E-state index contributed by atoms with van der Waals surface area (Å²) in [5.41, 5.74) is 2.36. The normalized spacial score (nSPS) is 16.3. The highest BCUT2D eigenvalue weighted by Crippen LogP contribution is 2.20. The van der Waals surface area contributed by atoms with Gasteiger partial charge in [-0.25, -0.2) is 0 Å². The first-order valence-corrected chi connectivity index (χ1v) is 7.21. The Balaban J connectivity index is 1.62. The summed E-state index contributed by atoms with van der Waals surface area (Å²) in [4.78, 5) is 0. The van der Waals surface area contributed by atoms with Crippen LogP contribution in [0, 0.1) is 6.92 Å². The second kappa shape index (κ2) is 7.13. The first-order valence-electron chi connectivity index (χ1n) is 6.83. The van der Waals surface area contributed by atoms with Crippen molar-refractivity contribution in [2.75, 3.05) is 13.2 Å². The monoisotopic (exact) mass is 267 g/mol. The molecule has 1 fully saturated rings. The van der Waals surface area contributed by atoms with Crippen molar-refractivity contribution in [2.45, 2.75) is 45.3 Å². The SMILES string of the molecule is Cc1ccc(CNCCOC2CCCC2)c(Cl)c1. The Kier molecular flexibility index (Phi) is 5.48. The Labute approximate surface area is 115 Å². The summed E-state index contributed by atoms with van der Waals surface area (Å²) in [6, 6.07) is 6.19. The molecule has 1 N–H and O–H groups in total. The molecule has 0 atom stereocenters. The topological polar surface area (TPSA) is 21.3 Å². The minimum Gasteiger partial charge on any atom is -0.377 e. The van der Waals surface area contributed by atoms with Gasteiger partial charge in [-0.15, -0.1) is 0 Å². The number of aryl methyl sites for hydroxylation is 1. The van der Waals surface area contributed by atoms with Crippen molar-refractivity contribution in [3.8, 4) is 0 Å². The molecule has 0 radical (unpaired) electrons. The molecule has 100 valence electrons.